The number of nitrogens with one attached hydrogen (secondary N) is 1. The molecule has 0 spiro atoms. The summed E-state index contributed by atoms with van der Waals surface area (Å²) in [5, 5.41) is 2.75. The molecule has 2 aromatic carbocycles. The van der Waals surface area contributed by atoms with E-state index in [9.17, 15) is 18.0 Å². The van der Waals surface area contributed by atoms with Crippen molar-refractivity contribution in [1.29, 1.82) is 0 Å². The molecule has 0 saturated carbocycles. The van der Waals surface area contributed by atoms with Gasteiger partial charge in [0.25, 0.3) is 0 Å². The van der Waals surface area contributed by atoms with Gasteiger partial charge in [-0.25, -0.2) is 4.79 Å². The van der Waals surface area contributed by atoms with Gasteiger partial charge in [-0.15, -0.1) is 0 Å². The number of hydrogen-bond donors (Lipinski definition) is 1. The lowest BCUT2D eigenvalue weighted by atomic mass is 9.99. The van der Waals surface area contributed by atoms with Crippen LogP contribution in [-0.4, -0.2) is 42.9 Å². The molecule has 2 aromatic rings. The van der Waals surface area contributed by atoms with Gasteiger partial charge in [0.15, 0.2) is 0 Å². The number of rotatable bonds is 6. The average Bonchev–Trinajstić information content (AvgIpc) is 3.10. The molecule has 1 N–H and O–H groups in total. The minimum atomic E-state index is -4.64. The number of ether oxygens (including phenoxy) is 1. The van der Waals surface area contributed by atoms with E-state index in [1.807, 2.05) is 30.3 Å². The van der Waals surface area contributed by atoms with Crippen molar-refractivity contribution in [3.63, 3.8) is 0 Å². The van der Waals surface area contributed by atoms with Crippen LogP contribution in [0.25, 0.3) is 0 Å². The van der Waals surface area contributed by atoms with Gasteiger partial charge in [-0.3, -0.25) is 10.2 Å². The van der Waals surface area contributed by atoms with Gasteiger partial charge < -0.3 is 4.74 Å². The fourth-order valence-corrected chi connectivity index (χ4v) is 3.57. The predicted octanol–water partition coefficient (Wildman–Crippen LogP) is 5.38. The summed E-state index contributed by atoms with van der Waals surface area (Å²) in [4.78, 5) is 13.7. The first-order valence-corrected chi connectivity index (χ1v) is 9.73. The summed E-state index contributed by atoms with van der Waals surface area (Å²) >= 11 is 5.75. The first-order valence-electron chi connectivity index (χ1n) is 9.36. The molecular weight excluding hydrogens is 405 g/mol. The largest absolute Gasteiger partial charge is 0.435 e. The van der Waals surface area contributed by atoms with E-state index in [1.54, 1.807) is 4.90 Å². The molecule has 0 aliphatic carbocycles. The molecule has 0 aromatic heterocycles. The van der Waals surface area contributed by atoms with Crippen molar-refractivity contribution in [2.75, 3.05) is 25.0 Å². The van der Waals surface area contributed by atoms with E-state index in [-0.39, 0.29) is 12.5 Å². The highest BCUT2D eigenvalue weighted by molar-refractivity contribution is 6.30. The first-order chi connectivity index (χ1) is 13.8. The Labute approximate surface area is 172 Å². The van der Waals surface area contributed by atoms with E-state index in [2.05, 4.69) is 5.32 Å². The molecule has 156 valence electrons. The zero-order valence-electron chi connectivity index (χ0n) is 15.7. The molecule has 4 nitrogen and oxygen atoms in total. The first kappa shape index (κ1) is 21.5. The lowest BCUT2D eigenvalue weighted by Crippen LogP contribution is -2.44. The fourth-order valence-electron chi connectivity index (χ4n) is 3.44. The highest BCUT2D eigenvalue weighted by Gasteiger charge is 2.44. The lowest BCUT2D eigenvalue weighted by Gasteiger charge is -2.25. The molecule has 1 saturated heterocycles. The molecule has 1 amide bonds. The molecule has 29 heavy (non-hydrogen) atoms. The summed E-state index contributed by atoms with van der Waals surface area (Å²) in [6.45, 7) is 0.721. The van der Waals surface area contributed by atoms with Crippen molar-refractivity contribution in [2.24, 2.45) is 5.92 Å². The molecule has 1 heterocycles. The number of hydrogen-bond acceptors (Lipinski definition) is 3. The Kier molecular flexibility index (Phi) is 7.03. The van der Waals surface area contributed by atoms with E-state index >= 15 is 0 Å². The predicted molar refractivity (Wildman–Crippen MR) is 106 cm³/mol. The third-order valence-corrected chi connectivity index (χ3v) is 5.12. The normalized spacial score (nSPS) is 18.4. The van der Waals surface area contributed by atoms with Crippen molar-refractivity contribution in [2.45, 2.75) is 25.1 Å². The van der Waals surface area contributed by atoms with Gasteiger partial charge in [0, 0.05) is 23.8 Å². The lowest BCUT2D eigenvalue weighted by molar-refractivity contribution is -0.206. The van der Waals surface area contributed by atoms with Crippen molar-refractivity contribution in [3.05, 3.63) is 65.2 Å². The maximum Gasteiger partial charge on any atom is 0.426 e. The number of anilines is 1. The van der Waals surface area contributed by atoms with Crippen molar-refractivity contribution in [3.8, 4) is 0 Å². The van der Waals surface area contributed by atoms with Crippen LogP contribution in [0, 0.1) is 5.92 Å². The number of carbonyl (C=O) groups excluding carboxylic acids is 1. The molecular formula is C21H22ClF3N2O2. The van der Waals surface area contributed by atoms with Gasteiger partial charge in [-0.05, 0) is 55.1 Å². The Morgan fingerprint density at radius 1 is 1.17 bits per heavy atom. The Bertz CT molecular complexity index is 800. The Hall–Kier alpha value is -2.25. The number of likely N-dealkylation sites (tertiary alicyclic amines) is 1. The molecule has 2 atom stereocenters. The van der Waals surface area contributed by atoms with Crippen LogP contribution in [0.3, 0.4) is 0 Å². The summed E-state index contributed by atoms with van der Waals surface area (Å²) in [5.41, 5.74) is 1.48. The van der Waals surface area contributed by atoms with E-state index in [0.717, 1.165) is 12.8 Å². The van der Waals surface area contributed by atoms with Crippen molar-refractivity contribution >= 4 is 23.4 Å². The summed E-state index contributed by atoms with van der Waals surface area (Å²) in [6, 6.07) is 15.9. The molecule has 0 radical (unpaired) electrons. The third-order valence-electron chi connectivity index (χ3n) is 4.87. The maximum absolute atomic E-state index is 13.4. The van der Waals surface area contributed by atoms with Gasteiger partial charge in [-0.1, -0.05) is 41.9 Å². The summed E-state index contributed by atoms with van der Waals surface area (Å²) < 4.78 is 45.0. The molecule has 3 rings (SSSR count). The summed E-state index contributed by atoms with van der Waals surface area (Å²) in [5.74, 6) is 0.286. The fraction of sp³-hybridized carbons (Fsp3) is 0.381. The smallest absolute Gasteiger partial charge is 0.426 e. The van der Waals surface area contributed by atoms with Crippen LogP contribution in [-0.2, 0) is 11.2 Å². The van der Waals surface area contributed by atoms with Gasteiger partial charge in [0.2, 0.25) is 6.10 Å². The van der Waals surface area contributed by atoms with Crippen LogP contribution in [0.1, 0.15) is 12.0 Å². The second-order valence-corrected chi connectivity index (χ2v) is 7.61. The number of nitrogens with zero attached hydrogens (tertiary/aromatic N) is 1. The zero-order chi connectivity index (χ0) is 20.9. The monoisotopic (exact) mass is 426 g/mol. The number of amides is 1. The van der Waals surface area contributed by atoms with Crippen LogP contribution in [0.5, 0.6) is 0 Å². The number of alkyl halides is 3. The van der Waals surface area contributed by atoms with Crippen molar-refractivity contribution < 1.29 is 22.7 Å². The van der Waals surface area contributed by atoms with E-state index in [4.69, 9.17) is 16.3 Å². The van der Waals surface area contributed by atoms with E-state index in [1.165, 1.54) is 29.8 Å². The minimum Gasteiger partial charge on any atom is -0.435 e. The Balaban J connectivity index is 1.54. The van der Waals surface area contributed by atoms with Gasteiger partial charge in [-0.2, -0.15) is 13.2 Å². The SMILES string of the molecule is O=C(Nc1ccc(Cl)cc1)O[C@@H](CN1CCC(Cc2ccccc2)C1)C(F)(F)F. The third kappa shape index (κ3) is 6.65. The molecule has 8 heteroatoms. The maximum atomic E-state index is 13.4. The number of benzene rings is 2. The number of halogens is 4. The highest BCUT2D eigenvalue weighted by atomic mass is 35.5. The summed E-state index contributed by atoms with van der Waals surface area (Å²) in [6.07, 6.45) is -6.34. The van der Waals surface area contributed by atoms with Crippen LogP contribution in [0.2, 0.25) is 5.02 Å². The quantitative estimate of drug-likeness (QED) is 0.673. The summed E-state index contributed by atoms with van der Waals surface area (Å²) in [7, 11) is 0. The zero-order valence-corrected chi connectivity index (χ0v) is 16.4. The Morgan fingerprint density at radius 2 is 1.86 bits per heavy atom. The Morgan fingerprint density at radius 3 is 2.52 bits per heavy atom. The van der Waals surface area contributed by atoms with Crippen molar-refractivity contribution in [1.82, 2.24) is 4.90 Å². The molecule has 0 bridgehead atoms. The standard InChI is InChI=1S/C21H22ClF3N2O2/c22-17-6-8-18(9-7-17)26-20(28)29-19(21(23,24)25)14-27-11-10-16(13-27)12-15-4-2-1-3-5-15/h1-9,16,19H,10-14H2,(H,26,28)/t16?,19-/m0/s1. The molecule has 1 aliphatic rings. The molecule has 1 fully saturated rings. The van der Waals surface area contributed by atoms with E-state index in [0.29, 0.717) is 23.8 Å². The number of carbonyl (C=O) groups is 1. The van der Waals surface area contributed by atoms with Crippen LogP contribution in [0.15, 0.2) is 54.6 Å². The second-order valence-electron chi connectivity index (χ2n) is 7.17. The van der Waals surface area contributed by atoms with Gasteiger partial charge >= 0.3 is 12.3 Å². The molecule has 1 aliphatic heterocycles. The van der Waals surface area contributed by atoms with Crippen LogP contribution in [0.4, 0.5) is 23.7 Å². The van der Waals surface area contributed by atoms with E-state index < -0.39 is 18.4 Å². The topological polar surface area (TPSA) is 41.6 Å². The molecule has 1 unspecified atom stereocenters. The van der Waals surface area contributed by atoms with Gasteiger partial charge in [0.1, 0.15) is 0 Å². The van der Waals surface area contributed by atoms with Crippen LogP contribution >= 0.6 is 11.6 Å². The average molecular weight is 427 g/mol. The van der Waals surface area contributed by atoms with Gasteiger partial charge in [0.05, 0.1) is 0 Å². The highest BCUT2D eigenvalue weighted by Crippen LogP contribution is 2.27. The second kappa shape index (κ2) is 9.50. The minimum absolute atomic E-state index is 0.286. The van der Waals surface area contributed by atoms with Crippen LogP contribution < -0.4 is 5.32 Å².